The lowest BCUT2D eigenvalue weighted by atomic mass is 10.0. The van der Waals surface area contributed by atoms with Crippen LogP contribution in [0.25, 0.3) is 0 Å². The number of rotatable bonds is 34. The summed E-state index contributed by atoms with van der Waals surface area (Å²) in [6, 6.07) is 0. The van der Waals surface area contributed by atoms with Crippen LogP contribution >= 0.6 is 0 Å². The molecular formula is C40H70O6. The van der Waals surface area contributed by atoms with Gasteiger partial charge in [-0.2, -0.15) is 0 Å². The van der Waals surface area contributed by atoms with Gasteiger partial charge in [0.05, 0.1) is 0 Å². The van der Waals surface area contributed by atoms with Crippen molar-refractivity contribution in [3.63, 3.8) is 0 Å². The van der Waals surface area contributed by atoms with Gasteiger partial charge in [0.1, 0.15) is 19.3 Å². The molecule has 0 aliphatic rings. The Morgan fingerprint density at radius 1 is 0.500 bits per heavy atom. The second-order valence-corrected chi connectivity index (χ2v) is 12.4. The lowest BCUT2D eigenvalue weighted by Crippen LogP contribution is -2.25. The molecule has 0 unspecified atom stereocenters. The SMILES string of the molecule is CCCCCCCCCCCCCCCCC(=O)OC[C@H](O)COC(=O)CCC/C=C\C/C=C\C/C=C\C/C=C\CCCCCO. The van der Waals surface area contributed by atoms with Crippen molar-refractivity contribution in [3.8, 4) is 0 Å². The zero-order valence-electron chi connectivity index (χ0n) is 29.5. The van der Waals surface area contributed by atoms with Crippen molar-refractivity contribution >= 4 is 11.9 Å². The molecule has 6 nitrogen and oxygen atoms in total. The third-order valence-electron chi connectivity index (χ3n) is 7.87. The van der Waals surface area contributed by atoms with E-state index in [1.54, 1.807) is 0 Å². The fraction of sp³-hybridized carbons (Fsp3) is 0.750. The highest BCUT2D eigenvalue weighted by molar-refractivity contribution is 5.69. The number of ether oxygens (including phenoxy) is 2. The molecule has 0 aromatic heterocycles. The largest absolute Gasteiger partial charge is 0.463 e. The van der Waals surface area contributed by atoms with Crippen LogP contribution in [0.1, 0.15) is 167 Å². The van der Waals surface area contributed by atoms with E-state index in [4.69, 9.17) is 14.6 Å². The molecule has 0 aliphatic carbocycles. The van der Waals surface area contributed by atoms with E-state index in [-0.39, 0.29) is 25.2 Å². The minimum atomic E-state index is -0.991. The number of hydrogen-bond donors (Lipinski definition) is 2. The first-order valence-corrected chi connectivity index (χ1v) is 18.8. The van der Waals surface area contributed by atoms with Crippen molar-refractivity contribution in [2.45, 2.75) is 174 Å². The number of allylic oxidation sites excluding steroid dienone is 8. The number of carbonyl (C=O) groups is 2. The molecule has 0 aliphatic heterocycles. The standard InChI is InChI=1S/C40H70O6/c1-2-3-4-5-6-7-8-9-15-18-21-24-27-30-33-39(43)45-36-38(42)37-46-40(44)34-31-28-25-22-19-16-13-11-10-12-14-17-20-23-26-29-32-35-41/h10,12-13,16-17,20,22,25,38,41-42H,2-9,11,14-15,18-19,21,23-24,26-37H2,1H3/b12-10-,16-13-,20-17-,25-22-/t38-/m0/s1. The molecule has 2 N–H and O–H groups in total. The molecule has 0 saturated carbocycles. The predicted octanol–water partition coefficient (Wildman–Crippen LogP) is 10.4. The van der Waals surface area contributed by atoms with Gasteiger partial charge in [-0.3, -0.25) is 9.59 Å². The van der Waals surface area contributed by atoms with Gasteiger partial charge < -0.3 is 19.7 Å². The van der Waals surface area contributed by atoms with Crippen molar-refractivity contribution in [1.29, 1.82) is 0 Å². The number of esters is 2. The first kappa shape index (κ1) is 43.8. The lowest BCUT2D eigenvalue weighted by Gasteiger charge is -2.12. The van der Waals surface area contributed by atoms with Gasteiger partial charge in [-0.05, 0) is 57.8 Å². The summed E-state index contributed by atoms with van der Waals surface area (Å²) < 4.78 is 10.3. The molecule has 266 valence electrons. The molecule has 6 heteroatoms. The lowest BCUT2D eigenvalue weighted by molar-refractivity contribution is -0.152. The Morgan fingerprint density at radius 2 is 0.870 bits per heavy atom. The summed E-state index contributed by atoms with van der Waals surface area (Å²) in [4.78, 5) is 23.9. The Balaban J connectivity index is 3.54. The van der Waals surface area contributed by atoms with Gasteiger partial charge in [0.25, 0.3) is 0 Å². The van der Waals surface area contributed by atoms with Crippen LogP contribution in [0.2, 0.25) is 0 Å². The average Bonchev–Trinajstić information content (AvgIpc) is 3.06. The van der Waals surface area contributed by atoms with Crippen molar-refractivity contribution in [3.05, 3.63) is 48.6 Å². The van der Waals surface area contributed by atoms with Crippen LogP contribution in [0, 0.1) is 0 Å². The second kappa shape index (κ2) is 37.3. The normalized spacial score (nSPS) is 12.7. The molecule has 1 atom stereocenters. The Hall–Kier alpha value is -2.18. The van der Waals surface area contributed by atoms with E-state index in [0.29, 0.717) is 25.9 Å². The molecule has 46 heavy (non-hydrogen) atoms. The number of hydrogen-bond acceptors (Lipinski definition) is 6. The first-order valence-electron chi connectivity index (χ1n) is 18.8. The zero-order valence-corrected chi connectivity index (χ0v) is 29.5. The molecule has 0 aromatic rings. The highest BCUT2D eigenvalue weighted by Crippen LogP contribution is 2.13. The van der Waals surface area contributed by atoms with Crippen LogP contribution in [0.5, 0.6) is 0 Å². The van der Waals surface area contributed by atoms with Crippen LogP contribution in [0.15, 0.2) is 48.6 Å². The predicted molar refractivity (Wildman–Crippen MR) is 193 cm³/mol. The number of carbonyl (C=O) groups excluding carboxylic acids is 2. The summed E-state index contributed by atoms with van der Waals surface area (Å²) >= 11 is 0. The van der Waals surface area contributed by atoms with Gasteiger partial charge in [-0.25, -0.2) is 0 Å². The molecule has 0 radical (unpaired) electrons. The van der Waals surface area contributed by atoms with Crippen LogP contribution in [0.3, 0.4) is 0 Å². The number of aliphatic hydroxyl groups is 2. The fourth-order valence-electron chi connectivity index (χ4n) is 5.00. The molecular weight excluding hydrogens is 576 g/mol. The average molecular weight is 647 g/mol. The number of aliphatic hydroxyl groups excluding tert-OH is 2. The van der Waals surface area contributed by atoms with Crippen LogP contribution in [0.4, 0.5) is 0 Å². The third kappa shape index (κ3) is 36.3. The molecule has 0 fully saturated rings. The quantitative estimate of drug-likeness (QED) is 0.0410. The first-order chi connectivity index (χ1) is 22.6. The summed E-state index contributed by atoms with van der Waals surface area (Å²) in [6.45, 7) is 2.26. The van der Waals surface area contributed by atoms with Crippen molar-refractivity contribution < 1.29 is 29.3 Å². The van der Waals surface area contributed by atoms with Gasteiger partial charge in [0.2, 0.25) is 0 Å². The highest BCUT2D eigenvalue weighted by Gasteiger charge is 2.12. The molecule has 0 spiro atoms. The monoisotopic (exact) mass is 647 g/mol. The molecule has 0 aromatic carbocycles. The van der Waals surface area contributed by atoms with Crippen molar-refractivity contribution in [2.24, 2.45) is 0 Å². The highest BCUT2D eigenvalue weighted by atomic mass is 16.6. The molecule has 0 heterocycles. The van der Waals surface area contributed by atoms with E-state index in [1.165, 1.54) is 70.6 Å². The van der Waals surface area contributed by atoms with E-state index < -0.39 is 6.10 Å². The smallest absolute Gasteiger partial charge is 0.305 e. The molecule has 0 bridgehead atoms. The molecule has 0 saturated heterocycles. The van der Waals surface area contributed by atoms with Gasteiger partial charge in [-0.1, -0.05) is 145 Å². The fourth-order valence-corrected chi connectivity index (χ4v) is 5.00. The Kier molecular flexibility index (Phi) is 35.5. The Bertz CT molecular complexity index is 785. The molecule has 0 rings (SSSR count). The maximum absolute atomic E-state index is 11.9. The molecule has 0 amide bonds. The number of unbranched alkanes of at least 4 members (excludes halogenated alkanes) is 17. The minimum Gasteiger partial charge on any atom is -0.463 e. The minimum absolute atomic E-state index is 0.138. The topological polar surface area (TPSA) is 93.1 Å². The Morgan fingerprint density at radius 3 is 1.33 bits per heavy atom. The van der Waals surface area contributed by atoms with Crippen molar-refractivity contribution in [1.82, 2.24) is 0 Å². The summed E-state index contributed by atoms with van der Waals surface area (Å²) in [5.74, 6) is -0.642. The summed E-state index contributed by atoms with van der Waals surface area (Å²) in [5, 5.41) is 18.7. The Labute approximate surface area is 282 Å². The second-order valence-electron chi connectivity index (χ2n) is 12.4. The maximum Gasteiger partial charge on any atom is 0.305 e. The van der Waals surface area contributed by atoms with E-state index in [1.807, 2.05) is 0 Å². The summed E-state index contributed by atoms with van der Waals surface area (Å²) in [5.41, 5.74) is 0. The van der Waals surface area contributed by atoms with E-state index in [0.717, 1.165) is 70.6 Å². The third-order valence-corrected chi connectivity index (χ3v) is 7.87. The van der Waals surface area contributed by atoms with Crippen LogP contribution < -0.4 is 0 Å². The van der Waals surface area contributed by atoms with Crippen LogP contribution in [-0.4, -0.2) is 48.1 Å². The van der Waals surface area contributed by atoms with Gasteiger partial charge in [0.15, 0.2) is 0 Å². The van der Waals surface area contributed by atoms with E-state index in [2.05, 4.69) is 55.5 Å². The summed E-state index contributed by atoms with van der Waals surface area (Å²) in [6.07, 6.45) is 43.2. The van der Waals surface area contributed by atoms with Gasteiger partial charge in [0, 0.05) is 19.4 Å². The van der Waals surface area contributed by atoms with E-state index >= 15 is 0 Å². The summed E-state index contributed by atoms with van der Waals surface area (Å²) in [7, 11) is 0. The maximum atomic E-state index is 11.9. The van der Waals surface area contributed by atoms with Gasteiger partial charge in [-0.15, -0.1) is 0 Å². The zero-order chi connectivity index (χ0) is 33.6. The van der Waals surface area contributed by atoms with Crippen LogP contribution in [-0.2, 0) is 19.1 Å². The van der Waals surface area contributed by atoms with E-state index in [9.17, 15) is 14.7 Å². The van der Waals surface area contributed by atoms with Crippen molar-refractivity contribution in [2.75, 3.05) is 19.8 Å². The van der Waals surface area contributed by atoms with Gasteiger partial charge >= 0.3 is 11.9 Å².